The summed E-state index contributed by atoms with van der Waals surface area (Å²) in [5.41, 5.74) is 2.64. The van der Waals surface area contributed by atoms with E-state index in [2.05, 4.69) is 14.9 Å². The largest absolute Gasteiger partial charge is 0.374 e. The summed E-state index contributed by atoms with van der Waals surface area (Å²) in [5.74, 6) is -0.397. The highest BCUT2D eigenvalue weighted by Crippen LogP contribution is 2.30. The molecular formula is C14H14FN3O. The van der Waals surface area contributed by atoms with Gasteiger partial charge in [-0.3, -0.25) is 4.79 Å². The lowest BCUT2D eigenvalue weighted by atomic mass is 10.1. The number of aromatic amines is 1. The van der Waals surface area contributed by atoms with E-state index in [9.17, 15) is 9.18 Å². The molecule has 0 fully saturated rings. The minimum absolute atomic E-state index is 0.122. The van der Waals surface area contributed by atoms with Crippen LogP contribution in [0.4, 0.5) is 10.1 Å². The van der Waals surface area contributed by atoms with Crippen LogP contribution in [0.3, 0.4) is 0 Å². The van der Waals surface area contributed by atoms with Gasteiger partial charge in [0.15, 0.2) is 0 Å². The van der Waals surface area contributed by atoms with Gasteiger partial charge in [-0.15, -0.1) is 0 Å². The van der Waals surface area contributed by atoms with Crippen LogP contribution in [0.2, 0.25) is 0 Å². The second-order valence-corrected chi connectivity index (χ2v) is 4.83. The summed E-state index contributed by atoms with van der Waals surface area (Å²) in [4.78, 5) is 20.2. The fourth-order valence-electron chi connectivity index (χ4n) is 2.42. The van der Waals surface area contributed by atoms with Crippen molar-refractivity contribution in [3.05, 3.63) is 45.6 Å². The zero-order chi connectivity index (χ0) is 13.6. The maximum absolute atomic E-state index is 13.3. The lowest BCUT2D eigenvalue weighted by Gasteiger charge is -2.12. The summed E-state index contributed by atoms with van der Waals surface area (Å²) < 4.78 is 13.3. The summed E-state index contributed by atoms with van der Waals surface area (Å²) >= 11 is 0. The van der Waals surface area contributed by atoms with E-state index in [1.807, 2.05) is 25.2 Å². The molecule has 1 aromatic heterocycles. The fourth-order valence-corrected chi connectivity index (χ4v) is 2.42. The van der Waals surface area contributed by atoms with Crippen LogP contribution in [0, 0.1) is 12.7 Å². The molecule has 3 rings (SSSR count). The van der Waals surface area contributed by atoms with E-state index in [4.69, 9.17) is 0 Å². The summed E-state index contributed by atoms with van der Waals surface area (Å²) in [6.07, 6.45) is 0.976. The van der Waals surface area contributed by atoms with E-state index < -0.39 is 11.4 Å². The van der Waals surface area contributed by atoms with Crippen molar-refractivity contribution < 1.29 is 4.39 Å². The van der Waals surface area contributed by atoms with E-state index in [1.54, 1.807) is 0 Å². The van der Waals surface area contributed by atoms with Crippen LogP contribution in [0.5, 0.6) is 0 Å². The Kier molecular flexibility index (Phi) is 2.62. The van der Waals surface area contributed by atoms with Crippen LogP contribution in [0.1, 0.15) is 11.3 Å². The van der Waals surface area contributed by atoms with Crippen LogP contribution in [0.15, 0.2) is 23.0 Å². The zero-order valence-corrected chi connectivity index (χ0v) is 10.8. The molecule has 0 saturated heterocycles. The summed E-state index contributed by atoms with van der Waals surface area (Å²) in [6.45, 7) is 2.49. The summed E-state index contributed by atoms with van der Waals surface area (Å²) in [7, 11) is 2.05. The SMILES string of the molecule is Cc1nc(-c2ccc3c(c2)CCN3C)[nH]c(=O)c1F. The Morgan fingerprint density at radius 2 is 2.21 bits per heavy atom. The van der Waals surface area contributed by atoms with Crippen LogP contribution in [0.25, 0.3) is 11.4 Å². The molecule has 0 saturated carbocycles. The molecule has 1 N–H and O–H groups in total. The van der Waals surface area contributed by atoms with Gasteiger partial charge in [0.05, 0.1) is 5.69 Å². The fraction of sp³-hybridized carbons (Fsp3) is 0.286. The van der Waals surface area contributed by atoms with Crippen molar-refractivity contribution in [1.29, 1.82) is 0 Å². The molecule has 19 heavy (non-hydrogen) atoms. The molecule has 0 bridgehead atoms. The van der Waals surface area contributed by atoms with Crippen molar-refractivity contribution in [2.24, 2.45) is 0 Å². The Labute approximate surface area is 109 Å². The van der Waals surface area contributed by atoms with Gasteiger partial charge in [-0.1, -0.05) is 0 Å². The average Bonchev–Trinajstić information content (AvgIpc) is 2.76. The van der Waals surface area contributed by atoms with Gasteiger partial charge in [0.1, 0.15) is 5.82 Å². The van der Waals surface area contributed by atoms with E-state index >= 15 is 0 Å². The Morgan fingerprint density at radius 3 is 2.95 bits per heavy atom. The topological polar surface area (TPSA) is 49.0 Å². The number of nitrogens with zero attached hydrogens (tertiary/aromatic N) is 2. The standard InChI is InChI=1S/C14H14FN3O/c1-8-12(15)14(19)17-13(16-8)10-3-4-11-9(7-10)5-6-18(11)2/h3-4,7H,5-6H2,1-2H3,(H,16,17,19). The number of hydrogen-bond acceptors (Lipinski definition) is 3. The van der Waals surface area contributed by atoms with E-state index in [1.165, 1.54) is 18.2 Å². The molecule has 0 unspecified atom stereocenters. The van der Waals surface area contributed by atoms with Gasteiger partial charge in [0.25, 0.3) is 5.56 Å². The lowest BCUT2D eigenvalue weighted by molar-refractivity contribution is 0.589. The number of anilines is 1. The first kappa shape index (κ1) is 11.9. The number of aromatic nitrogens is 2. The molecule has 5 heteroatoms. The Bertz CT molecular complexity index is 708. The third-order valence-corrected chi connectivity index (χ3v) is 3.51. The second kappa shape index (κ2) is 4.19. The Hall–Kier alpha value is -2.17. The highest BCUT2D eigenvalue weighted by molar-refractivity contribution is 5.66. The predicted octanol–water partition coefficient (Wildman–Crippen LogP) is 1.88. The summed E-state index contributed by atoms with van der Waals surface area (Å²) in [5, 5.41) is 0. The Morgan fingerprint density at radius 1 is 1.42 bits per heavy atom. The molecule has 1 aliphatic heterocycles. The molecule has 0 atom stereocenters. The van der Waals surface area contributed by atoms with Gasteiger partial charge < -0.3 is 9.88 Å². The van der Waals surface area contributed by atoms with Gasteiger partial charge in [-0.05, 0) is 37.1 Å². The monoisotopic (exact) mass is 259 g/mol. The van der Waals surface area contributed by atoms with Gasteiger partial charge in [-0.25, -0.2) is 4.98 Å². The van der Waals surface area contributed by atoms with Crippen LogP contribution < -0.4 is 10.5 Å². The van der Waals surface area contributed by atoms with Crippen molar-refractivity contribution >= 4 is 5.69 Å². The van der Waals surface area contributed by atoms with Crippen molar-refractivity contribution in [2.45, 2.75) is 13.3 Å². The normalized spacial score (nSPS) is 13.7. The molecule has 98 valence electrons. The third kappa shape index (κ3) is 1.91. The molecule has 4 nitrogen and oxygen atoms in total. The molecule has 0 spiro atoms. The minimum Gasteiger partial charge on any atom is -0.374 e. The number of H-pyrrole nitrogens is 1. The minimum atomic E-state index is -0.815. The first-order chi connectivity index (χ1) is 9.06. The number of benzene rings is 1. The van der Waals surface area contributed by atoms with Crippen LogP contribution in [-0.4, -0.2) is 23.6 Å². The van der Waals surface area contributed by atoms with E-state index in [-0.39, 0.29) is 5.69 Å². The lowest BCUT2D eigenvalue weighted by Crippen LogP contribution is -2.15. The highest BCUT2D eigenvalue weighted by Gasteiger charge is 2.17. The van der Waals surface area contributed by atoms with E-state index in [0.717, 1.165) is 18.5 Å². The quantitative estimate of drug-likeness (QED) is 0.850. The number of hydrogen-bond donors (Lipinski definition) is 1. The highest BCUT2D eigenvalue weighted by atomic mass is 19.1. The zero-order valence-electron chi connectivity index (χ0n) is 10.8. The van der Waals surface area contributed by atoms with Crippen molar-refractivity contribution in [3.8, 4) is 11.4 Å². The maximum atomic E-state index is 13.3. The summed E-state index contributed by atoms with van der Waals surface area (Å²) in [6, 6.07) is 5.92. The average molecular weight is 259 g/mol. The van der Waals surface area contributed by atoms with E-state index in [0.29, 0.717) is 5.82 Å². The molecule has 0 amide bonds. The van der Waals surface area contributed by atoms with Crippen molar-refractivity contribution in [1.82, 2.24) is 9.97 Å². The Balaban J connectivity index is 2.11. The first-order valence-electron chi connectivity index (χ1n) is 6.17. The number of halogens is 1. The van der Waals surface area contributed by atoms with Gasteiger partial charge in [0.2, 0.25) is 5.82 Å². The number of aryl methyl sites for hydroxylation is 1. The number of likely N-dealkylation sites (N-methyl/N-ethyl adjacent to an activating group) is 1. The molecule has 0 radical (unpaired) electrons. The van der Waals surface area contributed by atoms with Gasteiger partial charge >= 0.3 is 0 Å². The number of fused-ring (bicyclic) bond motifs is 1. The first-order valence-corrected chi connectivity index (χ1v) is 6.17. The number of nitrogens with one attached hydrogen (secondary N) is 1. The molecule has 1 aromatic carbocycles. The molecule has 2 aromatic rings. The molecule has 2 heterocycles. The van der Waals surface area contributed by atoms with Gasteiger partial charge in [0, 0.05) is 24.8 Å². The third-order valence-electron chi connectivity index (χ3n) is 3.51. The van der Waals surface area contributed by atoms with Crippen molar-refractivity contribution in [3.63, 3.8) is 0 Å². The smallest absolute Gasteiger partial charge is 0.287 e. The van der Waals surface area contributed by atoms with Crippen LogP contribution >= 0.6 is 0 Å². The maximum Gasteiger partial charge on any atom is 0.287 e. The van der Waals surface area contributed by atoms with Gasteiger partial charge in [-0.2, -0.15) is 4.39 Å². The number of rotatable bonds is 1. The second-order valence-electron chi connectivity index (χ2n) is 4.83. The molecule has 0 aliphatic carbocycles. The molecular weight excluding hydrogens is 245 g/mol. The predicted molar refractivity (Wildman–Crippen MR) is 72.0 cm³/mol. The molecule has 1 aliphatic rings. The van der Waals surface area contributed by atoms with Crippen molar-refractivity contribution in [2.75, 3.05) is 18.5 Å². The van der Waals surface area contributed by atoms with Crippen LogP contribution in [-0.2, 0) is 6.42 Å².